The van der Waals surface area contributed by atoms with Crippen LogP contribution in [0, 0.1) is 11.3 Å². The van der Waals surface area contributed by atoms with Crippen LogP contribution in [0.2, 0.25) is 0 Å². The highest BCUT2D eigenvalue weighted by molar-refractivity contribution is 5.79. The number of rotatable bonds is 5. The van der Waals surface area contributed by atoms with Crippen molar-refractivity contribution in [2.75, 3.05) is 6.54 Å². The molecule has 0 atom stereocenters. The first-order valence-electron chi connectivity index (χ1n) is 6.65. The normalized spacial score (nSPS) is 19.4. The number of hydrogen-bond donors (Lipinski definition) is 0. The number of hydrogen-bond acceptors (Lipinski definition) is 2. The van der Waals surface area contributed by atoms with Gasteiger partial charge in [-0.2, -0.15) is 5.26 Å². The lowest BCUT2D eigenvalue weighted by Gasteiger charge is -2.22. The smallest absolute Gasteiger partial charge is 0.226 e. The lowest BCUT2D eigenvalue weighted by molar-refractivity contribution is -0.131. The van der Waals surface area contributed by atoms with Gasteiger partial charge >= 0.3 is 0 Å². The summed E-state index contributed by atoms with van der Waals surface area (Å²) in [5.41, 5.74) is 1.31. The zero-order valence-corrected chi connectivity index (χ0v) is 10.3. The van der Waals surface area contributed by atoms with Gasteiger partial charge in [0.1, 0.15) is 0 Å². The molecular formula is C14H20N2O. The van der Waals surface area contributed by atoms with Crippen molar-refractivity contribution < 1.29 is 4.79 Å². The molecule has 0 aliphatic heterocycles. The summed E-state index contributed by atoms with van der Waals surface area (Å²) in [4.78, 5) is 14.1. The van der Waals surface area contributed by atoms with E-state index in [0.29, 0.717) is 25.4 Å². The molecule has 0 aromatic carbocycles. The molecule has 0 radical (unpaired) electrons. The van der Waals surface area contributed by atoms with Gasteiger partial charge in [-0.25, -0.2) is 0 Å². The summed E-state index contributed by atoms with van der Waals surface area (Å²) in [7, 11) is 0. The molecule has 92 valence electrons. The molecule has 3 nitrogen and oxygen atoms in total. The maximum atomic E-state index is 12.2. The SMILES string of the molecule is N#CCCN(C(=O)CC1=CCCCC1)C1CC1. The number of allylic oxidation sites excluding steroid dienone is 1. The van der Waals surface area contributed by atoms with Gasteiger partial charge < -0.3 is 4.90 Å². The van der Waals surface area contributed by atoms with Crippen molar-refractivity contribution in [2.45, 2.75) is 57.4 Å². The molecule has 2 aliphatic carbocycles. The first-order chi connectivity index (χ1) is 8.31. The number of carbonyl (C=O) groups is 1. The van der Waals surface area contributed by atoms with Crippen LogP contribution < -0.4 is 0 Å². The second-order valence-electron chi connectivity index (χ2n) is 5.01. The van der Waals surface area contributed by atoms with Gasteiger partial charge in [0, 0.05) is 19.0 Å². The minimum atomic E-state index is 0.232. The highest BCUT2D eigenvalue weighted by Crippen LogP contribution is 2.29. The van der Waals surface area contributed by atoms with E-state index in [9.17, 15) is 4.79 Å². The number of carbonyl (C=O) groups excluding carboxylic acids is 1. The Morgan fingerprint density at radius 1 is 1.47 bits per heavy atom. The Morgan fingerprint density at radius 3 is 2.88 bits per heavy atom. The topological polar surface area (TPSA) is 44.1 Å². The standard InChI is InChI=1S/C14H20N2O/c15-9-4-10-16(13-7-8-13)14(17)11-12-5-2-1-3-6-12/h5,13H,1-4,6-8,10-11H2. The third-order valence-electron chi connectivity index (χ3n) is 3.54. The Bertz CT molecular complexity index is 350. The van der Waals surface area contributed by atoms with E-state index in [1.54, 1.807) is 0 Å². The van der Waals surface area contributed by atoms with Crippen molar-refractivity contribution in [3.8, 4) is 6.07 Å². The number of amides is 1. The summed E-state index contributed by atoms with van der Waals surface area (Å²) < 4.78 is 0. The van der Waals surface area contributed by atoms with Crippen molar-refractivity contribution in [3.05, 3.63) is 11.6 Å². The first kappa shape index (κ1) is 12.2. The predicted molar refractivity (Wildman–Crippen MR) is 66.1 cm³/mol. The Hall–Kier alpha value is -1.30. The molecule has 0 aromatic heterocycles. The first-order valence-corrected chi connectivity index (χ1v) is 6.65. The van der Waals surface area contributed by atoms with Gasteiger partial charge in [-0.05, 0) is 38.5 Å². The molecular weight excluding hydrogens is 212 g/mol. The van der Waals surface area contributed by atoms with Crippen LogP contribution in [-0.4, -0.2) is 23.4 Å². The van der Waals surface area contributed by atoms with Gasteiger partial charge in [0.05, 0.1) is 12.5 Å². The van der Waals surface area contributed by atoms with Gasteiger partial charge in [-0.1, -0.05) is 11.6 Å². The van der Waals surface area contributed by atoms with E-state index in [0.717, 1.165) is 25.7 Å². The summed E-state index contributed by atoms with van der Waals surface area (Å²) in [5.74, 6) is 0.232. The van der Waals surface area contributed by atoms with Crippen LogP contribution in [-0.2, 0) is 4.79 Å². The van der Waals surface area contributed by atoms with Crippen LogP contribution in [0.3, 0.4) is 0 Å². The monoisotopic (exact) mass is 232 g/mol. The van der Waals surface area contributed by atoms with Crippen LogP contribution in [0.4, 0.5) is 0 Å². The summed E-state index contributed by atoms with van der Waals surface area (Å²) in [5, 5.41) is 8.62. The minimum absolute atomic E-state index is 0.232. The molecule has 2 aliphatic rings. The van der Waals surface area contributed by atoms with E-state index in [4.69, 9.17) is 5.26 Å². The largest absolute Gasteiger partial charge is 0.338 e. The Morgan fingerprint density at radius 2 is 2.29 bits per heavy atom. The van der Waals surface area contributed by atoms with Crippen molar-refractivity contribution in [2.24, 2.45) is 0 Å². The second-order valence-corrected chi connectivity index (χ2v) is 5.01. The Kier molecular flexibility index (Phi) is 4.19. The average molecular weight is 232 g/mol. The van der Waals surface area contributed by atoms with Crippen molar-refractivity contribution in [1.82, 2.24) is 4.90 Å². The lowest BCUT2D eigenvalue weighted by atomic mass is 9.97. The zero-order chi connectivity index (χ0) is 12.1. The quantitative estimate of drug-likeness (QED) is 0.684. The van der Waals surface area contributed by atoms with E-state index in [-0.39, 0.29) is 5.91 Å². The average Bonchev–Trinajstić information content (AvgIpc) is 3.15. The maximum Gasteiger partial charge on any atom is 0.226 e. The second kappa shape index (κ2) is 5.86. The van der Waals surface area contributed by atoms with Gasteiger partial charge in [-0.15, -0.1) is 0 Å². The summed E-state index contributed by atoms with van der Waals surface area (Å²) >= 11 is 0. The fourth-order valence-electron chi connectivity index (χ4n) is 2.43. The van der Waals surface area contributed by atoms with E-state index < -0.39 is 0 Å². The van der Waals surface area contributed by atoms with Crippen molar-refractivity contribution in [1.29, 1.82) is 5.26 Å². The molecule has 0 heterocycles. The van der Waals surface area contributed by atoms with Crippen LogP contribution in [0.5, 0.6) is 0 Å². The third-order valence-corrected chi connectivity index (χ3v) is 3.54. The van der Waals surface area contributed by atoms with Crippen LogP contribution >= 0.6 is 0 Å². The van der Waals surface area contributed by atoms with E-state index >= 15 is 0 Å². The van der Waals surface area contributed by atoms with E-state index in [1.165, 1.54) is 18.4 Å². The minimum Gasteiger partial charge on any atom is -0.338 e. The summed E-state index contributed by atoms with van der Waals surface area (Å²) in [6.45, 7) is 0.618. The predicted octanol–water partition coefficient (Wildman–Crippen LogP) is 2.78. The van der Waals surface area contributed by atoms with Gasteiger partial charge in [-0.3, -0.25) is 4.79 Å². The number of nitrogens with zero attached hydrogens (tertiary/aromatic N) is 2. The molecule has 0 aromatic rings. The van der Waals surface area contributed by atoms with Crippen molar-refractivity contribution >= 4 is 5.91 Å². The molecule has 0 N–H and O–H groups in total. The number of nitriles is 1. The molecule has 0 bridgehead atoms. The molecule has 2 rings (SSSR count). The summed E-state index contributed by atoms with van der Waals surface area (Å²) in [6.07, 6.45) is 10.2. The molecule has 0 saturated heterocycles. The molecule has 3 heteroatoms. The van der Waals surface area contributed by atoms with Crippen LogP contribution in [0.1, 0.15) is 51.4 Å². The third kappa shape index (κ3) is 3.59. The fourth-order valence-corrected chi connectivity index (χ4v) is 2.43. The van der Waals surface area contributed by atoms with Crippen molar-refractivity contribution in [3.63, 3.8) is 0 Å². The van der Waals surface area contributed by atoms with Crippen LogP contribution in [0.15, 0.2) is 11.6 Å². The Labute approximate surface area is 103 Å². The molecule has 0 unspecified atom stereocenters. The maximum absolute atomic E-state index is 12.2. The highest BCUT2D eigenvalue weighted by Gasteiger charge is 2.32. The molecule has 17 heavy (non-hydrogen) atoms. The molecule has 1 fully saturated rings. The zero-order valence-electron chi connectivity index (χ0n) is 10.3. The van der Waals surface area contributed by atoms with Gasteiger partial charge in [0.25, 0.3) is 0 Å². The van der Waals surface area contributed by atoms with E-state index in [1.807, 2.05) is 4.90 Å². The molecule has 1 amide bonds. The van der Waals surface area contributed by atoms with Gasteiger partial charge in [0.15, 0.2) is 0 Å². The van der Waals surface area contributed by atoms with Crippen LogP contribution in [0.25, 0.3) is 0 Å². The molecule has 1 saturated carbocycles. The Balaban J connectivity index is 1.87. The summed E-state index contributed by atoms with van der Waals surface area (Å²) in [6, 6.07) is 2.56. The fraction of sp³-hybridized carbons (Fsp3) is 0.714. The highest BCUT2D eigenvalue weighted by atomic mass is 16.2. The van der Waals surface area contributed by atoms with E-state index in [2.05, 4.69) is 12.1 Å². The lowest BCUT2D eigenvalue weighted by Crippen LogP contribution is -2.34. The molecule has 0 spiro atoms. The van der Waals surface area contributed by atoms with Gasteiger partial charge in [0.2, 0.25) is 5.91 Å².